The zero-order valence-electron chi connectivity index (χ0n) is 10.1. The summed E-state index contributed by atoms with van der Waals surface area (Å²) in [4.78, 5) is 4.39. The van der Waals surface area contributed by atoms with Gasteiger partial charge in [-0.15, -0.1) is 0 Å². The van der Waals surface area contributed by atoms with E-state index in [9.17, 15) is 0 Å². The second-order valence-corrected chi connectivity index (χ2v) is 4.19. The number of hydrogen-bond donors (Lipinski definition) is 1. The van der Waals surface area contributed by atoms with Crippen molar-refractivity contribution < 1.29 is 0 Å². The second kappa shape index (κ2) is 4.83. The first-order valence-electron chi connectivity index (χ1n) is 5.64. The largest absolute Gasteiger partial charge is 0.384 e. The topological polar surface area (TPSA) is 38.9 Å². The van der Waals surface area contributed by atoms with Crippen LogP contribution >= 0.6 is 0 Å². The Morgan fingerprint density at radius 1 is 0.941 bits per heavy atom. The van der Waals surface area contributed by atoms with E-state index in [4.69, 9.17) is 5.73 Å². The van der Waals surface area contributed by atoms with Crippen molar-refractivity contribution in [3.8, 4) is 0 Å². The summed E-state index contributed by atoms with van der Waals surface area (Å²) < 4.78 is 0. The normalized spacial score (nSPS) is 10.0. The average Bonchev–Trinajstić information content (AvgIpc) is 2.30. The lowest BCUT2D eigenvalue weighted by Gasteiger charge is -2.10. The van der Waals surface area contributed by atoms with Crippen LogP contribution in [0, 0.1) is 0 Å². The van der Waals surface area contributed by atoms with Crippen molar-refractivity contribution in [2.75, 3.05) is 5.73 Å². The van der Waals surface area contributed by atoms with Gasteiger partial charge in [0, 0.05) is 5.57 Å². The Labute approximate surface area is 102 Å². The molecule has 0 bridgehead atoms. The van der Waals surface area contributed by atoms with E-state index in [0.29, 0.717) is 5.82 Å². The summed E-state index contributed by atoms with van der Waals surface area (Å²) in [6.07, 6.45) is 0. The van der Waals surface area contributed by atoms with Crippen LogP contribution in [0.5, 0.6) is 0 Å². The van der Waals surface area contributed by atoms with Gasteiger partial charge in [0.2, 0.25) is 0 Å². The molecule has 0 unspecified atom stereocenters. The van der Waals surface area contributed by atoms with Gasteiger partial charge in [0.25, 0.3) is 0 Å². The Kier molecular flexibility index (Phi) is 3.24. The molecule has 2 N–H and O–H groups in total. The lowest BCUT2D eigenvalue weighted by atomic mass is 9.98. The van der Waals surface area contributed by atoms with Crippen molar-refractivity contribution in [3.63, 3.8) is 0 Å². The lowest BCUT2D eigenvalue weighted by Crippen LogP contribution is -1.97. The quantitative estimate of drug-likeness (QED) is 0.847. The van der Waals surface area contributed by atoms with E-state index in [0.717, 1.165) is 11.3 Å². The van der Waals surface area contributed by atoms with Crippen LogP contribution in [-0.4, -0.2) is 4.98 Å². The maximum Gasteiger partial charge on any atom is 0.124 e. The molecule has 2 heteroatoms. The first-order valence-corrected chi connectivity index (χ1v) is 5.64. The minimum absolute atomic E-state index is 0.553. The Hall–Kier alpha value is -2.09. The van der Waals surface area contributed by atoms with Crippen LogP contribution in [0.2, 0.25) is 0 Å². The molecule has 1 aromatic heterocycles. The molecule has 2 aromatic rings. The molecule has 17 heavy (non-hydrogen) atoms. The second-order valence-electron chi connectivity index (χ2n) is 4.19. The van der Waals surface area contributed by atoms with Crippen LogP contribution in [0.4, 0.5) is 5.82 Å². The molecule has 0 aliphatic rings. The molecule has 0 aliphatic heterocycles. The fourth-order valence-electron chi connectivity index (χ4n) is 1.89. The standard InChI is InChI=1S/C15H16N2/c1-11(2)15(12-7-4-3-5-8-12)13-9-6-10-14(16)17-13/h3-10H,1-2H3,(H2,16,17). The molecule has 0 saturated heterocycles. The van der Waals surface area contributed by atoms with E-state index >= 15 is 0 Å². The van der Waals surface area contributed by atoms with E-state index in [1.807, 2.05) is 30.3 Å². The number of hydrogen-bond acceptors (Lipinski definition) is 2. The van der Waals surface area contributed by atoms with Crippen molar-refractivity contribution in [3.05, 3.63) is 65.4 Å². The summed E-state index contributed by atoms with van der Waals surface area (Å²) in [5.74, 6) is 0.553. The third-order valence-corrected chi connectivity index (χ3v) is 2.59. The number of rotatable bonds is 2. The maximum absolute atomic E-state index is 5.74. The zero-order chi connectivity index (χ0) is 12.3. The first-order chi connectivity index (χ1) is 8.18. The predicted octanol–water partition coefficient (Wildman–Crippen LogP) is 3.51. The van der Waals surface area contributed by atoms with Gasteiger partial charge in [0.15, 0.2) is 0 Å². The Bertz CT molecular complexity index is 538. The van der Waals surface area contributed by atoms with Gasteiger partial charge in [0.1, 0.15) is 5.82 Å². The Morgan fingerprint density at radius 3 is 2.24 bits per heavy atom. The van der Waals surface area contributed by atoms with Gasteiger partial charge in [-0.25, -0.2) is 4.98 Å². The number of benzene rings is 1. The molecule has 1 aromatic carbocycles. The van der Waals surface area contributed by atoms with Crippen LogP contribution in [0.3, 0.4) is 0 Å². The SMILES string of the molecule is CC(C)=C(c1ccccc1)c1cccc(N)n1. The summed E-state index contributed by atoms with van der Waals surface area (Å²) in [7, 11) is 0. The van der Waals surface area contributed by atoms with Crippen LogP contribution in [0.1, 0.15) is 25.1 Å². The van der Waals surface area contributed by atoms with Crippen LogP contribution in [-0.2, 0) is 0 Å². The number of aromatic nitrogens is 1. The molecule has 0 atom stereocenters. The highest BCUT2D eigenvalue weighted by Gasteiger charge is 2.07. The van der Waals surface area contributed by atoms with Gasteiger partial charge in [-0.3, -0.25) is 0 Å². The highest BCUT2D eigenvalue weighted by molar-refractivity contribution is 5.80. The smallest absolute Gasteiger partial charge is 0.124 e. The third kappa shape index (κ3) is 2.53. The number of pyridine rings is 1. The van der Waals surface area contributed by atoms with Crippen LogP contribution in [0.15, 0.2) is 54.1 Å². The lowest BCUT2D eigenvalue weighted by molar-refractivity contribution is 1.25. The predicted molar refractivity (Wildman–Crippen MR) is 72.5 cm³/mol. The van der Waals surface area contributed by atoms with Crippen LogP contribution < -0.4 is 5.73 Å². The fourth-order valence-corrected chi connectivity index (χ4v) is 1.89. The summed E-state index contributed by atoms with van der Waals surface area (Å²) in [5, 5.41) is 0. The van der Waals surface area contributed by atoms with Crippen molar-refractivity contribution in [1.82, 2.24) is 4.98 Å². The third-order valence-electron chi connectivity index (χ3n) is 2.59. The molecule has 2 nitrogen and oxygen atoms in total. The molecule has 0 fully saturated rings. The van der Waals surface area contributed by atoms with Crippen molar-refractivity contribution in [2.24, 2.45) is 0 Å². The Morgan fingerprint density at radius 2 is 1.65 bits per heavy atom. The average molecular weight is 224 g/mol. The molecule has 0 spiro atoms. The monoisotopic (exact) mass is 224 g/mol. The van der Waals surface area contributed by atoms with E-state index in [2.05, 4.69) is 31.0 Å². The summed E-state index contributed by atoms with van der Waals surface area (Å²) >= 11 is 0. The highest BCUT2D eigenvalue weighted by atomic mass is 14.8. The molecule has 86 valence electrons. The number of allylic oxidation sites excluding steroid dienone is 1. The Balaban J connectivity index is 2.56. The molecule has 1 heterocycles. The molecule has 0 aliphatic carbocycles. The van der Waals surface area contributed by atoms with Crippen molar-refractivity contribution >= 4 is 11.4 Å². The molecule has 0 saturated carbocycles. The minimum Gasteiger partial charge on any atom is -0.384 e. The van der Waals surface area contributed by atoms with E-state index < -0.39 is 0 Å². The highest BCUT2D eigenvalue weighted by Crippen LogP contribution is 2.25. The van der Waals surface area contributed by atoms with Crippen molar-refractivity contribution in [1.29, 1.82) is 0 Å². The van der Waals surface area contributed by atoms with Gasteiger partial charge < -0.3 is 5.73 Å². The number of anilines is 1. The van der Waals surface area contributed by atoms with E-state index in [1.165, 1.54) is 11.1 Å². The van der Waals surface area contributed by atoms with E-state index in [1.54, 1.807) is 6.07 Å². The maximum atomic E-state index is 5.74. The molecule has 2 rings (SSSR count). The number of nitrogen functional groups attached to an aromatic ring is 1. The van der Waals surface area contributed by atoms with Gasteiger partial charge in [-0.05, 0) is 31.5 Å². The number of nitrogens with two attached hydrogens (primary N) is 1. The molecular formula is C15H16N2. The molecule has 0 radical (unpaired) electrons. The van der Waals surface area contributed by atoms with Gasteiger partial charge in [-0.2, -0.15) is 0 Å². The van der Waals surface area contributed by atoms with Gasteiger partial charge >= 0.3 is 0 Å². The molecule has 0 amide bonds. The van der Waals surface area contributed by atoms with E-state index in [-0.39, 0.29) is 0 Å². The zero-order valence-corrected chi connectivity index (χ0v) is 10.1. The first kappa shape index (κ1) is 11.4. The number of nitrogens with zero attached hydrogens (tertiary/aromatic N) is 1. The van der Waals surface area contributed by atoms with Gasteiger partial charge in [0.05, 0.1) is 5.69 Å². The summed E-state index contributed by atoms with van der Waals surface area (Å²) in [5.41, 5.74) is 10.2. The summed E-state index contributed by atoms with van der Waals surface area (Å²) in [6, 6.07) is 16.0. The minimum atomic E-state index is 0.553. The van der Waals surface area contributed by atoms with Crippen molar-refractivity contribution in [2.45, 2.75) is 13.8 Å². The van der Waals surface area contributed by atoms with Crippen LogP contribution in [0.25, 0.3) is 5.57 Å². The molecular weight excluding hydrogens is 208 g/mol. The summed E-state index contributed by atoms with van der Waals surface area (Å²) in [6.45, 7) is 4.18. The fraction of sp³-hybridized carbons (Fsp3) is 0.133. The van der Waals surface area contributed by atoms with Gasteiger partial charge in [-0.1, -0.05) is 42.0 Å².